The van der Waals surface area contributed by atoms with Crippen molar-refractivity contribution in [3.63, 3.8) is 0 Å². The summed E-state index contributed by atoms with van der Waals surface area (Å²) in [5.74, 6) is 1.53. The predicted molar refractivity (Wildman–Crippen MR) is 113 cm³/mol. The predicted octanol–water partition coefficient (Wildman–Crippen LogP) is 3.57. The van der Waals surface area contributed by atoms with Gasteiger partial charge in [0, 0.05) is 18.3 Å². The van der Waals surface area contributed by atoms with E-state index in [1.54, 1.807) is 18.7 Å². The number of aromatic nitrogens is 6. The SMILES string of the molecule is Cc1ncn(-c2nc(NCCc3ccccc3O)c3ncn(C(C)C)c3n2)c1C. The molecular weight excluding hydrogens is 366 g/mol. The number of fused-ring (bicyclic) bond motifs is 1. The van der Waals surface area contributed by atoms with Crippen LogP contribution in [0.4, 0.5) is 5.82 Å². The van der Waals surface area contributed by atoms with Gasteiger partial charge in [-0.05, 0) is 45.7 Å². The number of para-hydroxylation sites is 1. The van der Waals surface area contributed by atoms with Gasteiger partial charge in [-0.3, -0.25) is 4.57 Å². The summed E-state index contributed by atoms with van der Waals surface area (Å²) in [6, 6.07) is 7.58. The van der Waals surface area contributed by atoms with E-state index in [9.17, 15) is 5.11 Å². The average molecular weight is 391 g/mol. The zero-order chi connectivity index (χ0) is 20.5. The van der Waals surface area contributed by atoms with Crippen LogP contribution in [0.3, 0.4) is 0 Å². The number of aryl methyl sites for hydroxylation is 1. The Labute approximate surface area is 169 Å². The molecule has 29 heavy (non-hydrogen) atoms. The number of benzene rings is 1. The molecule has 2 N–H and O–H groups in total. The van der Waals surface area contributed by atoms with E-state index in [1.165, 1.54) is 0 Å². The van der Waals surface area contributed by atoms with Crippen LogP contribution in [-0.2, 0) is 6.42 Å². The smallest absolute Gasteiger partial charge is 0.239 e. The summed E-state index contributed by atoms with van der Waals surface area (Å²) in [6.07, 6.45) is 4.21. The molecule has 4 aromatic rings. The van der Waals surface area contributed by atoms with Gasteiger partial charge in [0.1, 0.15) is 12.1 Å². The zero-order valence-corrected chi connectivity index (χ0v) is 17.1. The summed E-state index contributed by atoms with van der Waals surface area (Å²) in [5.41, 5.74) is 4.34. The van der Waals surface area contributed by atoms with Crippen LogP contribution in [0, 0.1) is 13.8 Å². The van der Waals surface area contributed by atoms with Crippen molar-refractivity contribution in [2.45, 2.75) is 40.2 Å². The topological polar surface area (TPSA) is 93.7 Å². The minimum atomic E-state index is 0.225. The van der Waals surface area contributed by atoms with Gasteiger partial charge >= 0.3 is 0 Å². The van der Waals surface area contributed by atoms with Crippen molar-refractivity contribution in [3.8, 4) is 11.7 Å². The first-order chi connectivity index (χ1) is 14.0. The molecule has 0 aliphatic carbocycles. The molecule has 0 radical (unpaired) electrons. The fourth-order valence-corrected chi connectivity index (χ4v) is 3.25. The molecular formula is C21H25N7O. The minimum absolute atomic E-state index is 0.225. The maximum atomic E-state index is 9.99. The molecule has 3 heterocycles. The van der Waals surface area contributed by atoms with Gasteiger partial charge in [0.2, 0.25) is 5.95 Å². The van der Waals surface area contributed by atoms with Crippen molar-refractivity contribution >= 4 is 17.0 Å². The van der Waals surface area contributed by atoms with Crippen molar-refractivity contribution in [1.29, 1.82) is 0 Å². The van der Waals surface area contributed by atoms with Crippen molar-refractivity contribution in [2.24, 2.45) is 0 Å². The Morgan fingerprint density at radius 1 is 1.07 bits per heavy atom. The molecule has 0 aliphatic heterocycles. The van der Waals surface area contributed by atoms with E-state index in [0.717, 1.165) is 28.1 Å². The lowest BCUT2D eigenvalue weighted by atomic mass is 10.1. The Balaban J connectivity index is 1.71. The summed E-state index contributed by atoms with van der Waals surface area (Å²) in [5, 5.41) is 13.4. The molecule has 0 amide bonds. The number of aromatic hydroxyl groups is 1. The van der Waals surface area contributed by atoms with Gasteiger partial charge in [-0.2, -0.15) is 9.97 Å². The van der Waals surface area contributed by atoms with Crippen LogP contribution in [0.25, 0.3) is 17.1 Å². The fourth-order valence-electron chi connectivity index (χ4n) is 3.25. The van der Waals surface area contributed by atoms with E-state index in [2.05, 4.69) is 29.1 Å². The lowest BCUT2D eigenvalue weighted by Gasteiger charge is -2.12. The third-order valence-electron chi connectivity index (χ3n) is 5.11. The van der Waals surface area contributed by atoms with E-state index in [-0.39, 0.29) is 6.04 Å². The number of phenolic OH excluding ortho intramolecular Hbond substituents is 1. The molecule has 0 unspecified atom stereocenters. The van der Waals surface area contributed by atoms with Gasteiger partial charge in [-0.25, -0.2) is 9.97 Å². The highest BCUT2D eigenvalue weighted by Gasteiger charge is 2.17. The van der Waals surface area contributed by atoms with Crippen LogP contribution in [0.1, 0.15) is 36.8 Å². The van der Waals surface area contributed by atoms with Crippen molar-refractivity contribution in [3.05, 3.63) is 53.9 Å². The maximum Gasteiger partial charge on any atom is 0.239 e. The highest BCUT2D eigenvalue weighted by atomic mass is 16.3. The monoisotopic (exact) mass is 391 g/mol. The fraction of sp³-hybridized carbons (Fsp3) is 0.333. The van der Waals surface area contributed by atoms with Gasteiger partial charge in [0.15, 0.2) is 17.0 Å². The molecule has 0 spiro atoms. The van der Waals surface area contributed by atoms with E-state index in [1.807, 2.05) is 41.2 Å². The molecule has 0 bridgehead atoms. The van der Waals surface area contributed by atoms with E-state index >= 15 is 0 Å². The normalized spacial score (nSPS) is 11.5. The Bertz CT molecular complexity index is 1160. The van der Waals surface area contributed by atoms with Crippen LogP contribution in [0.5, 0.6) is 5.75 Å². The third-order valence-corrected chi connectivity index (χ3v) is 5.11. The third kappa shape index (κ3) is 3.53. The number of hydrogen-bond donors (Lipinski definition) is 2. The molecule has 0 saturated carbocycles. The van der Waals surface area contributed by atoms with Crippen molar-refractivity contribution in [2.75, 3.05) is 11.9 Å². The van der Waals surface area contributed by atoms with Crippen LogP contribution >= 0.6 is 0 Å². The molecule has 1 aromatic carbocycles. The first-order valence-electron chi connectivity index (χ1n) is 9.72. The largest absolute Gasteiger partial charge is 0.508 e. The highest BCUT2D eigenvalue weighted by Crippen LogP contribution is 2.24. The van der Waals surface area contributed by atoms with E-state index < -0.39 is 0 Å². The zero-order valence-electron chi connectivity index (χ0n) is 17.1. The quantitative estimate of drug-likeness (QED) is 0.522. The van der Waals surface area contributed by atoms with Gasteiger partial charge in [0.25, 0.3) is 0 Å². The Kier molecular flexibility index (Phi) is 4.92. The van der Waals surface area contributed by atoms with Crippen LogP contribution in [0.15, 0.2) is 36.9 Å². The van der Waals surface area contributed by atoms with E-state index in [0.29, 0.717) is 30.5 Å². The molecule has 4 rings (SSSR count). The lowest BCUT2D eigenvalue weighted by molar-refractivity contribution is 0.468. The number of nitrogens with zero attached hydrogens (tertiary/aromatic N) is 6. The molecule has 0 aliphatic rings. The van der Waals surface area contributed by atoms with Gasteiger partial charge in [-0.1, -0.05) is 18.2 Å². The second kappa shape index (κ2) is 7.54. The minimum Gasteiger partial charge on any atom is -0.508 e. The summed E-state index contributed by atoms with van der Waals surface area (Å²) in [4.78, 5) is 18.4. The molecule has 0 saturated heterocycles. The second-order valence-corrected chi connectivity index (χ2v) is 7.38. The Morgan fingerprint density at radius 3 is 2.55 bits per heavy atom. The second-order valence-electron chi connectivity index (χ2n) is 7.38. The number of imidazole rings is 2. The first kappa shape index (κ1) is 18.9. The summed E-state index contributed by atoms with van der Waals surface area (Å²) in [7, 11) is 0. The van der Waals surface area contributed by atoms with E-state index in [4.69, 9.17) is 9.97 Å². The van der Waals surface area contributed by atoms with Crippen molar-refractivity contribution in [1.82, 2.24) is 29.1 Å². The highest BCUT2D eigenvalue weighted by molar-refractivity contribution is 5.83. The van der Waals surface area contributed by atoms with Gasteiger partial charge in [-0.15, -0.1) is 0 Å². The molecule has 8 nitrogen and oxygen atoms in total. The maximum absolute atomic E-state index is 9.99. The summed E-state index contributed by atoms with van der Waals surface area (Å²) >= 11 is 0. The lowest BCUT2D eigenvalue weighted by Crippen LogP contribution is -2.11. The standard InChI is InChI=1S/C21H25N7O/c1-13(2)27-12-24-18-19(22-10-9-16-7-5-6-8-17(16)29)25-21(26-20(18)27)28-11-23-14(3)15(28)4/h5-8,11-13,29H,9-10H2,1-4H3,(H,22,25,26). The van der Waals surface area contributed by atoms with Crippen LogP contribution in [-0.4, -0.2) is 40.7 Å². The number of anilines is 1. The number of phenols is 1. The Morgan fingerprint density at radius 2 is 1.86 bits per heavy atom. The average Bonchev–Trinajstić information content (AvgIpc) is 3.27. The van der Waals surface area contributed by atoms with Crippen LogP contribution in [0.2, 0.25) is 0 Å². The molecule has 3 aromatic heterocycles. The van der Waals surface area contributed by atoms with Gasteiger partial charge in [0.05, 0.1) is 12.0 Å². The first-order valence-corrected chi connectivity index (χ1v) is 9.72. The summed E-state index contributed by atoms with van der Waals surface area (Å²) < 4.78 is 3.93. The van der Waals surface area contributed by atoms with Crippen molar-refractivity contribution < 1.29 is 5.11 Å². The Hall–Kier alpha value is -3.42. The van der Waals surface area contributed by atoms with Gasteiger partial charge < -0.3 is 15.0 Å². The van der Waals surface area contributed by atoms with Crippen LogP contribution < -0.4 is 5.32 Å². The molecule has 8 heteroatoms. The molecule has 0 fully saturated rings. The number of hydrogen-bond acceptors (Lipinski definition) is 6. The number of rotatable bonds is 6. The number of nitrogens with one attached hydrogen (secondary N) is 1. The molecule has 0 atom stereocenters. The molecule has 150 valence electrons. The summed E-state index contributed by atoms with van der Waals surface area (Å²) in [6.45, 7) is 8.77.